The van der Waals surface area contributed by atoms with Gasteiger partial charge >= 0.3 is 0 Å². The molecule has 0 aliphatic rings. The van der Waals surface area contributed by atoms with Crippen LogP contribution in [-0.4, -0.2) is 29.2 Å². The number of nitrogens with zero attached hydrogens (tertiary/aromatic N) is 2. The van der Waals surface area contributed by atoms with Crippen LogP contribution in [0.1, 0.15) is 12.8 Å². The number of nitrogens with one attached hydrogen (secondary N) is 3. The lowest BCUT2D eigenvalue weighted by Crippen LogP contribution is -2.23. The van der Waals surface area contributed by atoms with Crippen LogP contribution in [0.25, 0.3) is 0 Å². The number of aromatic nitrogens is 2. The summed E-state index contributed by atoms with van der Waals surface area (Å²) in [5, 5.41) is 14.2. The number of anilines is 3. The first-order valence-corrected chi connectivity index (χ1v) is 7.38. The van der Waals surface area contributed by atoms with Gasteiger partial charge in [0.25, 0.3) is 0 Å². The molecule has 0 unspecified atom stereocenters. The minimum atomic E-state index is 0.134. The Morgan fingerprint density at radius 2 is 2.18 bits per heavy atom. The lowest BCUT2D eigenvalue weighted by molar-refractivity contribution is 0.771. The van der Waals surface area contributed by atoms with Crippen molar-refractivity contribution in [2.24, 2.45) is 16.5 Å². The summed E-state index contributed by atoms with van der Waals surface area (Å²) in [4.78, 5) is 3.94. The summed E-state index contributed by atoms with van der Waals surface area (Å²) >= 11 is 5.97. The summed E-state index contributed by atoms with van der Waals surface area (Å²) < 4.78 is 0. The summed E-state index contributed by atoms with van der Waals surface area (Å²) in [7, 11) is 0. The maximum atomic E-state index is 5.97. The molecule has 0 aliphatic carbocycles. The molecule has 0 atom stereocenters. The van der Waals surface area contributed by atoms with Gasteiger partial charge in [-0.25, -0.2) is 0 Å². The molecule has 2 rings (SSSR count). The molecule has 1 heterocycles. The van der Waals surface area contributed by atoms with Gasteiger partial charge in [-0.1, -0.05) is 17.7 Å². The fraction of sp³-hybridized carbons (Fsp3) is 0.286. The zero-order chi connectivity index (χ0) is 15.8. The highest BCUT2D eigenvalue weighted by Crippen LogP contribution is 2.24. The van der Waals surface area contributed by atoms with Crippen LogP contribution in [0.4, 0.5) is 17.2 Å². The number of unbranched alkanes of at least 4 members (excludes halogenated alkanes) is 1. The van der Waals surface area contributed by atoms with E-state index in [4.69, 9.17) is 23.1 Å². The second kappa shape index (κ2) is 8.14. The van der Waals surface area contributed by atoms with E-state index in [0.717, 1.165) is 36.6 Å². The van der Waals surface area contributed by atoms with E-state index in [0.29, 0.717) is 11.6 Å². The van der Waals surface area contributed by atoms with Crippen LogP contribution < -0.4 is 22.1 Å². The van der Waals surface area contributed by atoms with Gasteiger partial charge in [-0.05, 0) is 31.0 Å². The number of benzene rings is 1. The second-order valence-electron chi connectivity index (χ2n) is 4.73. The van der Waals surface area contributed by atoms with Crippen molar-refractivity contribution < 1.29 is 0 Å². The highest BCUT2D eigenvalue weighted by molar-refractivity contribution is 6.30. The lowest BCUT2D eigenvalue weighted by Gasteiger charge is -2.09. The number of hydrogen-bond donors (Lipinski definition) is 5. The van der Waals surface area contributed by atoms with E-state index in [-0.39, 0.29) is 5.96 Å². The van der Waals surface area contributed by atoms with E-state index < -0.39 is 0 Å². The van der Waals surface area contributed by atoms with Crippen molar-refractivity contribution >= 4 is 34.8 Å². The summed E-state index contributed by atoms with van der Waals surface area (Å²) in [6, 6.07) is 7.52. The molecular weight excluding hydrogens is 302 g/mol. The van der Waals surface area contributed by atoms with Crippen molar-refractivity contribution in [1.82, 2.24) is 10.2 Å². The number of hydrogen-bond acceptors (Lipinski definition) is 4. The van der Waals surface area contributed by atoms with Crippen molar-refractivity contribution in [3.8, 4) is 0 Å². The number of rotatable bonds is 8. The smallest absolute Gasteiger partial charge is 0.185 e. The molecule has 0 fully saturated rings. The Morgan fingerprint density at radius 1 is 1.32 bits per heavy atom. The first-order valence-electron chi connectivity index (χ1n) is 7.00. The van der Waals surface area contributed by atoms with Gasteiger partial charge in [-0.3, -0.25) is 10.1 Å². The molecule has 0 saturated carbocycles. The number of aliphatic imine (C=N–C) groups is 1. The Labute approximate surface area is 134 Å². The summed E-state index contributed by atoms with van der Waals surface area (Å²) in [5.41, 5.74) is 12.3. The topological polar surface area (TPSA) is 117 Å². The van der Waals surface area contributed by atoms with E-state index in [1.165, 1.54) is 0 Å². The normalized spacial score (nSPS) is 10.2. The minimum Gasteiger partial charge on any atom is -0.370 e. The zero-order valence-corrected chi connectivity index (χ0v) is 12.9. The molecule has 0 radical (unpaired) electrons. The van der Waals surface area contributed by atoms with Crippen LogP contribution in [0.5, 0.6) is 0 Å². The Hall–Kier alpha value is -2.41. The van der Waals surface area contributed by atoms with Crippen molar-refractivity contribution in [2.75, 3.05) is 23.7 Å². The first-order chi connectivity index (χ1) is 10.6. The maximum Gasteiger partial charge on any atom is 0.185 e. The standard InChI is InChI=1S/C14H20ClN7/c15-10-4-3-5-11(8-10)21-12-9-20-22-13(12)18-6-1-2-7-19-14(16)17/h3-5,8-9,21H,1-2,6-7H2,(H4,16,17,19)(H2,18,20,22). The SMILES string of the molecule is NC(N)=NCCCCNc1[nH]ncc1Nc1cccc(Cl)c1. The van der Waals surface area contributed by atoms with Crippen molar-refractivity contribution in [1.29, 1.82) is 0 Å². The molecule has 7 N–H and O–H groups in total. The highest BCUT2D eigenvalue weighted by Gasteiger charge is 2.05. The minimum absolute atomic E-state index is 0.134. The lowest BCUT2D eigenvalue weighted by atomic mass is 10.3. The average Bonchev–Trinajstić information content (AvgIpc) is 2.90. The fourth-order valence-corrected chi connectivity index (χ4v) is 2.09. The van der Waals surface area contributed by atoms with Gasteiger partial charge in [0.15, 0.2) is 5.96 Å². The molecule has 1 aromatic carbocycles. The molecule has 118 valence electrons. The summed E-state index contributed by atoms with van der Waals surface area (Å²) in [6.45, 7) is 1.44. The van der Waals surface area contributed by atoms with Crippen molar-refractivity contribution in [3.63, 3.8) is 0 Å². The Morgan fingerprint density at radius 3 is 2.95 bits per heavy atom. The first kappa shape index (κ1) is 16.0. The van der Waals surface area contributed by atoms with E-state index in [1.54, 1.807) is 6.20 Å². The number of nitrogens with two attached hydrogens (primary N) is 2. The summed E-state index contributed by atoms with van der Waals surface area (Å²) in [6.07, 6.45) is 3.59. The van der Waals surface area contributed by atoms with Gasteiger partial charge in [0.05, 0.1) is 6.20 Å². The molecule has 22 heavy (non-hydrogen) atoms. The maximum absolute atomic E-state index is 5.97. The molecule has 0 saturated heterocycles. The van der Waals surface area contributed by atoms with Crippen molar-refractivity contribution in [3.05, 3.63) is 35.5 Å². The number of guanidine groups is 1. The molecule has 0 bridgehead atoms. The van der Waals surface area contributed by atoms with Crippen LogP contribution in [0, 0.1) is 0 Å². The fourth-order valence-electron chi connectivity index (χ4n) is 1.90. The Balaban J connectivity index is 1.81. The molecule has 0 aliphatic heterocycles. The Bertz CT molecular complexity index is 619. The molecular formula is C14H20ClN7. The molecule has 2 aromatic rings. The molecule has 7 nitrogen and oxygen atoms in total. The Kier molecular flexibility index (Phi) is 5.91. The van der Waals surface area contributed by atoms with Crippen LogP contribution in [-0.2, 0) is 0 Å². The van der Waals surface area contributed by atoms with Gasteiger partial charge in [-0.15, -0.1) is 0 Å². The zero-order valence-electron chi connectivity index (χ0n) is 12.1. The van der Waals surface area contributed by atoms with Crippen LogP contribution >= 0.6 is 11.6 Å². The van der Waals surface area contributed by atoms with E-state index in [9.17, 15) is 0 Å². The van der Waals surface area contributed by atoms with E-state index in [1.807, 2.05) is 24.3 Å². The highest BCUT2D eigenvalue weighted by atomic mass is 35.5. The predicted molar refractivity (Wildman–Crippen MR) is 91.7 cm³/mol. The van der Waals surface area contributed by atoms with Gasteiger partial charge < -0.3 is 22.1 Å². The number of H-pyrrole nitrogens is 1. The molecule has 0 spiro atoms. The predicted octanol–water partition coefficient (Wildman–Crippen LogP) is 2.27. The quantitative estimate of drug-likeness (QED) is 0.290. The number of halogens is 1. The van der Waals surface area contributed by atoms with Crippen LogP contribution in [0.15, 0.2) is 35.5 Å². The third-order valence-corrected chi connectivity index (χ3v) is 3.16. The van der Waals surface area contributed by atoms with Gasteiger partial charge in [0, 0.05) is 23.8 Å². The molecule has 0 amide bonds. The van der Waals surface area contributed by atoms with Crippen LogP contribution in [0.3, 0.4) is 0 Å². The largest absolute Gasteiger partial charge is 0.370 e. The molecule has 1 aromatic heterocycles. The van der Waals surface area contributed by atoms with Crippen LogP contribution in [0.2, 0.25) is 5.02 Å². The third kappa shape index (κ3) is 5.17. The van der Waals surface area contributed by atoms with Gasteiger partial charge in [0.2, 0.25) is 0 Å². The van der Waals surface area contributed by atoms with E-state index in [2.05, 4.69) is 25.8 Å². The number of aromatic amines is 1. The average molecular weight is 322 g/mol. The van der Waals surface area contributed by atoms with E-state index >= 15 is 0 Å². The van der Waals surface area contributed by atoms with Gasteiger partial charge in [0.1, 0.15) is 11.5 Å². The summed E-state index contributed by atoms with van der Waals surface area (Å²) in [5.74, 6) is 0.969. The monoisotopic (exact) mass is 321 g/mol. The van der Waals surface area contributed by atoms with Gasteiger partial charge in [-0.2, -0.15) is 5.10 Å². The van der Waals surface area contributed by atoms with Crippen molar-refractivity contribution in [2.45, 2.75) is 12.8 Å². The molecule has 8 heteroatoms. The second-order valence-corrected chi connectivity index (χ2v) is 5.17. The third-order valence-electron chi connectivity index (χ3n) is 2.92.